The van der Waals surface area contributed by atoms with Crippen molar-refractivity contribution in [2.24, 2.45) is 5.16 Å². The number of thioether (sulfide) groups is 1. The molecule has 16 heteroatoms. The molecule has 3 N–H and O–H groups in total. The number of carboxylic acid groups (broad SMARTS) is 1. The second-order valence-electron chi connectivity index (χ2n) is 6.38. The molecule has 0 bridgehead atoms. The number of carbonyl (C=O) groups excluding carboxylic acids is 2. The molecule has 0 unspecified atom stereocenters. The predicted molar refractivity (Wildman–Crippen MR) is 121 cm³/mol. The summed E-state index contributed by atoms with van der Waals surface area (Å²) in [4.78, 5) is 46.8. The smallest absolute Gasteiger partial charge is 0.434 e. The first-order valence-corrected chi connectivity index (χ1v) is 13.1. The van der Waals surface area contributed by atoms with Crippen LogP contribution < -0.4 is 10.4 Å². The SMILES string of the molecule is CCOP(=O)(Nc1nc(/C(=N/OC)C(=O)N[C@@H]2C(=O)N3C(C(=O)O)=CCS[C@H]23)cs1)OCC. The zero-order valence-electron chi connectivity index (χ0n) is 17.8. The quantitative estimate of drug-likeness (QED) is 0.167. The Hall–Kier alpha value is -2.45. The van der Waals surface area contributed by atoms with Crippen LogP contribution in [0.15, 0.2) is 22.3 Å². The number of hydrogen-bond donors (Lipinski definition) is 3. The highest BCUT2D eigenvalue weighted by Crippen LogP contribution is 2.48. The third-order valence-corrected chi connectivity index (χ3v) is 8.10. The number of aromatic nitrogens is 1. The Kier molecular flexibility index (Phi) is 8.13. The minimum atomic E-state index is -3.63. The lowest BCUT2D eigenvalue weighted by atomic mass is 10.0. The molecular formula is C17H22N5O8PS2. The van der Waals surface area contributed by atoms with E-state index < -0.39 is 36.9 Å². The molecular weight excluding hydrogens is 497 g/mol. The van der Waals surface area contributed by atoms with Gasteiger partial charge in [0.25, 0.3) is 11.8 Å². The van der Waals surface area contributed by atoms with Gasteiger partial charge < -0.3 is 15.3 Å². The average Bonchev–Trinajstić information content (AvgIpc) is 3.22. The van der Waals surface area contributed by atoms with Gasteiger partial charge in [0.05, 0.1) is 13.2 Å². The molecule has 0 aliphatic carbocycles. The summed E-state index contributed by atoms with van der Waals surface area (Å²) in [6.07, 6.45) is 1.45. The number of carbonyl (C=O) groups is 3. The Morgan fingerprint density at radius 3 is 2.67 bits per heavy atom. The van der Waals surface area contributed by atoms with E-state index in [-0.39, 0.29) is 35.4 Å². The molecule has 1 fully saturated rings. The predicted octanol–water partition coefficient (Wildman–Crippen LogP) is 1.45. The molecule has 0 radical (unpaired) electrons. The van der Waals surface area contributed by atoms with Gasteiger partial charge in [-0.05, 0) is 19.9 Å². The van der Waals surface area contributed by atoms with Gasteiger partial charge in [-0.25, -0.2) is 14.3 Å². The van der Waals surface area contributed by atoms with Crippen LogP contribution in [0, 0.1) is 0 Å². The zero-order chi connectivity index (χ0) is 24.2. The number of thiazole rings is 1. The topological polar surface area (TPSA) is 169 Å². The summed E-state index contributed by atoms with van der Waals surface area (Å²) in [5.41, 5.74) is -0.221. The lowest BCUT2D eigenvalue weighted by Gasteiger charge is -2.48. The van der Waals surface area contributed by atoms with Crippen LogP contribution in [0.5, 0.6) is 0 Å². The van der Waals surface area contributed by atoms with Gasteiger partial charge in [-0.2, -0.15) is 0 Å². The van der Waals surface area contributed by atoms with Crippen molar-refractivity contribution in [3.63, 3.8) is 0 Å². The van der Waals surface area contributed by atoms with Crippen LogP contribution in [-0.2, 0) is 32.8 Å². The fourth-order valence-corrected chi connectivity index (χ4v) is 6.48. The number of nitrogens with one attached hydrogen (secondary N) is 2. The first-order chi connectivity index (χ1) is 15.7. The summed E-state index contributed by atoms with van der Waals surface area (Å²) in [7, 11) is -2.39. The Balaban J connectivity index is 1.73. The maximum atomic E-state index is 12.9. The molecule has 13 nitrogen and oxygen atoms in total. The van der Waals surface area contributed by atoms with Crippen LogP contribution >= 0.6 is 30.8 Å². The molecule has 2 aliphatic rings. The highest BCUT2D eigenvalue weighted by atomic mass is 32.2. The summed E-state index contributed by atoms with van der Waals surface area (Å²) in [6, 6.07) is -0.931. The summed E-state index contributed by atoms with van der Waals surface area (Å²) >= 11 is 2.36. The molecule has 2 atom stereocenters. The standard InChI is InChI=1S/C17H22N5O8PS2/c1-4-29-31(27,30-5-2)21-17-18-9(8-33-17)11(20-28-3)13(23)19-12-14(24)22-10(16(25)26)6-7-32-15(12)22/h6,8,12,15H,4-5,7H2,1-3H3,(H,19,23)(H,25,26)(H,18,21,27)/b20-11-/t12-,15-/m1/s1. The van der Waals surface area contributed by atoms with Crippen molar-refractivity contribution in [2.75, 3.05) is 31.2 Å². The number of fused-ring (bicyclic) bond motifs is 1. The van der Waals surface area contributed by atoms with Crippen molar-refractivity contribution in [3.8, 4) is 0 Å². The second-order valence-corrected chi connectivity index (χ2v) is 10.1. The lowest BCUT2D eigenvalue weighted by Crippen LogP contribution is -2.70. The van der Waals surface area contributed by atoms with Crippen LogP contribution in [0.3, 0.4) is 0 Å². The van der Waals surface area contributed by atoms with Crippen LogP contribution in [0.2, 0.25) is 0 Å². The largest absolute Gasteiger partial charge is 0.477 e. The third kappa shape index (κ3) is 5.38. The average molecular weight is 519 g/mol. The Labute approximate surface area is 197 Å². The number of oxime groups is 1. The number of β-lactam (4-membered cyclic amide) rings is 1. The van der Waals surface area contributed by atoms with E-state index in [4.69, 9.17) is 13.9 Å². The molecule has 180 valence electrons. The number of aliphatic carboxylic acids is 1. The van der Waals surface area contributed by atoms with Crippen LogP contribution in [0.1, 0.15) is 19.5 Å². The van der Waals surface area contributed by atoms with Gasteiger partial charge in [0.1, 0.15) is 29.9 Å². The number of anilines is 1. The van der Waals surface area contributed by atoms with Gasteiger partial charge in [-0.1, -0.05) is 5.16 Å². The Morgan fingerprint density at radius 1 is 1.36 bits per heavy atom. The van der Waals surface area contributed by atoms with E-state index in [1.165, 1.54) is 30.3 Å². The van der Waals surface area contributed by atoms with Crippen molar-refractivity contribution in [1.29, 1.82) is 0 Å². The van der Waals surface area contributed by atoms with E-state index in [9.17, 15) is 24.1 Å². The van der Waals surface area contributed by atoms with E-state index in [0.29, 0.717) is 5.75 Å². The fraction of sp³-hybridized carbons (Fsp3) is 0.471. The molecule has 1 aromatic rings. The minimum absolute atomic E-state index is 0.104. The first kappa shape index (κ1) is 25.2. The van der Waals surface area contributed by atoms with Crippen molar-refractivity contribution < 1.29 is 37.9 Å². The third-order valence-electron chi connectivity index (χ3n) is 4.33. The molecule has 0 saturated carbocycles. The maximum absolute atomic E-state index is 12.9. The fourth-order valence-electron chi connectivity index (χ4n) is 3.04. The highest BCUT2D eigenvalue weighted by Gasteiger charge is 2.53. The summed E-state index contributed by atoms with van der Waals surface area (Å²) < 4.78 is 23.0. The van der Waals surface area contributed by atoms with Gasteiger partial charge in [0, 0.05) is 11.1 Å². The Morgan fingerprint density at radius 2 is 2.06 bits per heavy atom. The normalized spacial score (nSPS) is 20.5. The Bertz CT molecular complexity index is 1030. The van der Waals surface area contributed by atoms with Gasteiger partial charge in [0.15, 0.2) is 10.8 Å². The number of rotatable bonds is 11. The monoisotopic (exact) mass is 519 g/mol. The zero-order valence-corrected chi connectivity index (χ0v) is 20.4. The van der Waals surface area contributed by atoms with E-state index >= 15 is 0 Å². The van der Waals surface area contributed by atoms with Crippen LogP contribution in [-0.4, -0.2) is 76.0 Å². The van der Waals surface area contributed by atoms with Crippen molar-refractivity contribution in [3.05, 3.63) is 22.8 Å². The van der Waals surface area contributed by atoms with Crippen molar-refractivity contribution in [1.82, 2.24) is 15.2 Å². The lowest BCUT2D eigenvalue weighted by molar-refractivity contribution is -0.150. The molecule has 33 heavy (non-hydrogen) atoms. The van der Waals surface area contributed by atoms with E-state index in [1.807, 2.05) is 0 Å². The number of amides is 2. The summed E-state index contributed by atoms with van der Waals surface area (Å²) in [6.45, 7) is 3.62. The van der Waals surface area contributed by atoms with Gasteiger partial charge in [-0.3, -0.25) is 28.6 Å². The van der Waals surface area contributed by atoms with Gasteiger partial charge in [0.2, 0.25) is 0 Å². The molecule has 1 saturated heterocycles. The molecule has 1 aromatic heterocycles. The van der Waals surface area contributed by atoms with Crippen molar-refractivity contribution in [2.45, 2.75) is 25.3 Å². The van der Waals surface area contributed by atoms with Crippen LogP contribution in [0.25, 0.3) is 0 Å². The highest BCUT2D eigenvalue weighted by molar-refractivity contribution is 8.00. The second kappa shape index (κ2) is 10.7. The van der Waals surface area contributed by atoms with Crippen LogP contribution in [0.4, 0.5) is 5.13 Å². The minimum Gasteiger partial charge on any atom is -0.477 e. The molecule has 3 rings (SSSR count). The molecule has 0 spiro atoms. The first-order valence-electron chi connectivity index (χ1n) is 9.68. The molecule has 3 heterocycles. The van der Waals surface area contributed by atoms with E-state index in [0.717, 1.165) is 16.2 Å². The van der Waals surface area contributed by atoms with Gasteiger partial charge in [-0.15, -0.1) is 23.1 Å². The van der Waals surface area contributed by atoms with E-state index in [2.05, 4.69) is 20.5 Å². The van der Waals surface area contributed by atoms with E-state index in [1.54, 1.807) is 13.8 Å². The molecule has 0 aromatic carbocycles. The summed E-state index contributed by atoms with van der Waals surface area (Å²) in [5.74, 6) is -2.10. The molecule has 2 aliphatic heterocycles. The van der Waals surface area contributed by atoms with Crippen molar-refractivity contribution >= 4 is 59.5 Å². The number of nitrogens with zero attached hydrogens (tertiary/aromatic N) is 3. The number of carboxylic acids is 1. The summed E-state index contributed by atoms with van der Waals surface area (Å²) in [5, 5.41) is 19.2. The molecule has 2 amide bonds. The maximum Gasteiger partial charge on any atom is 0.434 e. The van der Waals surface area contributed by atoms with Gasteiger partial charge >= 0.3 is 13.7 Å². The number of hydrogen-bond acceptors (Lipinski definition) is 11.